The van der Waals surface area contributed by atoms with Gasteiger partial charge < -0.3 is 9.26 Å². The third-order valence-corrected chi connectivity index (χ3v) is 3.65. The third-order valence-electron chi connectivity index (χ3n) is 3.65. The van der Waals surface area contributed by atoms with Crippen LogP contribution in [0, 0.1) is 27.7 Å². The van der Waals surface area contributed by atoms with E-state index in [1.165, 1.54) is 0 Å². The molecule has 6 nitrogen and oxygen atoms in total. The summed E-state index contributed by atoms with van der Waals surface area (Å²) in [5.41, 5.74) is 4.16. The number of benzene rings is 1. The molecule has 0 aliphatic heterocycles. The van der Waals surface area contributed by atoms with Gasteiger partial charge in [0.25, 0.3) is 0 Å². The molecule has 3 rings (SSSR count). The molecule has 0 unspecified atom stereocenters. The van der Waals surface area contributed by atoms with Crippen molar-refractivity contribution in [2.75, 3.05) is 0 Å². The highest BCUT2D eigenvalue weighted by molar-refractivity contribution is 5.89. The van der Waals surface area contributed by atoms with Gasteiger partial charge in [0.1, 0.15) is 12.3 Å². The molecule has 0 saturated carbocycles. The van der Waals surface area contributed by atoms with Gasteiger partial charge in [-0.1, -0.05) is 22.9 Å². The monoisotopic (exact) mass is 325 g/mol. The predicted molar refractivity (Wildman–Crippen MR) is 88.2 cm³/mol. The zero-order valence-corrected chi connectivity index (χ0v) is 14.2. The second kappa shape index (κ2) is 6.31. The topological polar surface area (TPSA) is 70.2 Å². The van der Waals surface area contributed by atoms with Crippen LogP contribution in [0.1, 0.15) is 38.5 Å². The fourth-order valence-corrected chi connectivity index (χ4v) is 2.67. The number of carbonyl (C=O) groups excluding carboxylic acids is 1. The van der Waals surface area contributed by atoms with Gasteiger partial charge >= 0.3 is 5.97 Å². The second-order valence-corrected chi connectivity index (χ2v) is 6.01. The molecule has 0 radical (unpaired) electrons. The first-order chi connectivity index (χ1) is 11.4. The number of hydrogen-bond acceptors (Lipinski definition) is 5. The molecule has 0 aliphatic rings. The van der Waals surface area contributed by atoms with Gasteiger partial charge in [-0.15, -0.1) is 0 Å². The van der Waals surface area contributed by atoms with Crippen molar-refractivity contribution in [2.45, 2.75) is 34.2 Å². The summed E-state index contributed by atoms with van der Waals surface area (Å²) in [6.07, 6.45) is 3.65. The number of aromatic nitrogens is 3. The molecule has 0 fully saturated rings. The van der Waals surface area contributed by atoms with E-state index in [1.54, 1.807) is 16.9 Å². The molecule has 6 heteroatoms. The predicted octanol–water partition coefficient (Wildman–Crippen LogP) is 3.37. The molecule has 124 valence electrons. The molecule has 0 atom stereocenters. The molecule has 0 bridgehead atoms. The lowest BCUT2D eigenvalue weighted by Gasteiger charge is -2.10. The molecular weight excluding hydrogens is 306 g/mol. The minimum Gasteiger partial charge on any atom is -0.421 e. The van der Waals surface area contributed by atoms with E-state index in [0.717, 1.165) is 22.3 Å². The van der Waals surface area contributed by atoms with Crippen molar-refractivity contribution in [1.29, 1.82) is 0 Å². The summed E-state index contributed by atoms with van der Waals surface area (Å²) in [7, 11) is 0. The van der Waals surface area contributed by atoms with Crippen molar-refractivity contribution >= 4 is 5.97 Å². The zero-order chi connectivity index (χ0) is 17.3. The Labute approximate surface area is 140 Å². The fourth-order valence-electron chi connectivity index (χ4n) is 2.67. The molecule has 0 saturated heterocycles. The normalized spacial score (nSPS) is 10.8. The Balaban J connectivity index is 1.74. The van der Waals surface area contributed by atoms with Crippen molar-refractivity contribution in [1.82, 2.24) is 14.9 Å². The number of ether oxygens (including phenoxy) is 1. The van der Waals surface area contributed by atoms with Gasteiger partial charge in [0, 0.05) is 12.3 Å². The summed E-state index contributed by atoms with van der Waals surface area (Å²) in [5.74, 6) is 0.581. The lowest BCUT2D eigenvalue weighted by Crippen LogP contribution is -2.10. The first-order valence-corrected chi connectivity index (χ1v) is 7.67. The van der Waals surface area contributed by atoms with Gasteiger partial charge in [0.15, 0.2) is 11.5 Å². The summed E-state index contributed by atoms with van der Waals surface area (Å²) < 4.78 is 12.4. The fraction of sp³-hybridized carbons (Fsp3) is 0.278. The van der Waals surface area contributed by atoms with E-state index < -0.39 is 5.97 Å². The van der Waals surface area contributed by atoms with Crippen LogP contribution in [-0.4, -0.2) is 20.9 Å². The molecule has 3 aromatic rings. The van der Waals surface area contributed by atoms with Crippen LogP contribution in [0.3, 0.4) is 0 Å². The third kappa shape index (κ3) is 3.37. The van der Waals surface area contributed by atoms with E-state index in [9.17, 15) is 4.79 Å². The SMILES string of the molecule is Cc1cc(C)c(OC(=O)c2cc(Cn3cc(C)cn3)on2)c(C)c1. The summed E-state index contributed by atoms with van der Waals surface area (Å²) in [6, 6.07) is 5.53. The van der Waals surface area contributed by atoms with E-state index >= 15 is 0 Å². The van der Waals surface area contributed by atoms with Crippen molar-refractivity contribution in [3.8, 4) is 5.75 Å². The quantitative estimate of drug-likeness (QED) is 0.543. The minimum absolute atomic E-state index is 0.147. The summed E-state index contributed by atoms with van der Waals surface area (Å²) in [5, 5.41) is 7.98. The Morgan fingerprint density at radius 1 is 1.12 bits per heavy atom. The van der Waals surface area contributed by atoms with Crippen LogP contribution in [0.15, 0.2) is 35.1 Å². The number of carbonyl (C=O) groups is 1. The number of nitrogens with zero attached hydrogens (tertiary/aromatic N) is 3. The van der Waals surface area contributed by atoms with Crippen LogP contribution >= 0.6 is 0 Å². The van der Waals surface area contributed by atoms with Gasteiger partial charge in [0.05, 0.1) is 6.20 Å². The standard InChI is InChI=1S/C18H19N3O3/c1-11-5-13(3)17(14(4)6-11)23-18(22)16-7-15(24-20-16)10-21-9-12(2)8-19-21/h5-9H,10H2,1-4H3. The van der Waals surface area contributed by atoms with Crippen LogP contribution < -0.4 is 4.74 Å². The van der Waals surface area contributed by atoms with Gasteiger partial charge in [-0.3, -0.25) is 4.68 Å². The molecule has 0 amide bonds. The lowest BCUT2D eigenvalue weighted by atomic mass is 10.1. The largest absolute Gasteiger partial charge is 0.421 e. The maximum atomic E-state index is 12.3. The second-order valence-electron chi connectivity index (χ2n) is 6.01. The highest BCUT2D eigenvalue weighted by atomic mass is 16.5. The Morgan fingerprint density at radius 2 is 1.83 bits per heavy atom. The average Bonchev–Trinajstić information content (AvgIpc) is 3.12. The molecule has 0 N–H and O–H groups in total. The van der Waals surface area contributed by atoms with Gasteiger partial charge in [-0.05, 0) is 44.4 Å². The highest BCUT2D eigenvalue weighted by Gasteiger charge is 2.17. The summed E-state index contributed by atoms with van der Waals surface area (Å²) >= 11 is 0. The average molecular weight is 325 g/mol. The number of hydrogen-bond donors (Lipinski definition) is 0. The Bertz CT molecular complexity index is 870. The molecule has 0 spiro atoms. The maximum absolute atomic E-state index is 12.3. The van der Waals surface area contributed by atoms with Crippen molar-refractivity contribution in [2.24, 2.45) is 0 Å². The van der Waals surface area contributed by atoms with Crippen molar-refractivity contribution in [3.05, 3.63) is 64.3 Å². The van der Waals surface area contributed by atoms with E-state index in [4.69, 9.17) is 9.26 Å². The maximum Gasteiger partial charge on any atom is 0.365 e. The van der Waals surface area contributed by atoms with E-state index in [1.807, 2.05) is 46.0 Å². The molecule has 1 aromatic carbocycles. The van der Waals surface area contributed by atoms with E-state index in [0.29, 0.717) is 18.1 Å². The number of esters is 1. The Kier molecular flexibility index (Phi) is 4.20. The Morgan fingerprint density at radius 3 is 2.46 bits per heavy atom. The van der Waals surface area contributed by atoms with Crippen molar-refractivity contribution in [3.63, 3.8) is 0 Å². The van der Waals surface area contributed by atoms with Crippen LogP contribution in [-0.2, 0) is 6.54 Å². The van der Waals surface area contributed by atoms with Crippen LogP contribution in [0.4, 0.5) is 0 Å². The minimum atomic E-state index is -0.531. The van der Waals surface area contributed by atoms with Gasteiger partial charge in [0.2, 0.25) is 0 Å². The summed E-state index contributed by atoms with van der Waals surface area (Å²) in [4.78, 5) is 12.3. The first kappa shape index (κ1) is 16.0. The zero-order valence-electron chi connectivity index (χ0n) is 14.2. The molecule has 24 heavy (non-hydrogen) atoms. The lowest BCUT2D eigenvalue weighted by molar-refractivity contribution is 0.0721. The first-order valence-electron chi connectivity index (χ1n) is 7.67. The summed E-state index contributed by atoms with van der Waals surface area (Å²) in [6.45, 7) is 8.20. The molecule has 0 aliphatic carbocycles. The molecule has 2 heterocycles. The smallest absolute Gasteiger partial charge is 0.365 e. The van der Waals surface area contributed by atoms with Gasteiger partial charge in [-0.25, -0.2) is 4.79 Å². The van der Waals surface area contributed by atoms with Crippen molar-refractivity contribution < 1.29 is 14.1 Å². The Hall–Kier alpha value is -2.89. The van der Waals surface area contributed by atoms with E-state index in [2.05, 4.69) is 10.3 Å². The van der Waals surface area contributed by atoms with Crippen LogP contribution in [0.25, 0.3) is 0 Å². The number of rotatable bonds is 4. The molecule has 2 aromatic heterocycles. The molecular formula is C18H19N3O3. The highest BCUT2D eigenvalue weighted by Crippen LogP contribution is 2.25. The van der Waals surface area contributed by atoms with Crippen LogP contribution in [0.5, 0.6) is 5.75 Å². The van der Waals surface area contributed by atoms with Crippen LogP contribution in [0.2, 0.25) is 0 Å². The van der Waals surface area contributed by atoms with Gasteiger partial charge in [-0.2, -0.15) is 5.10 Å². The number of aryl methyl sites for hydroxylation is 4. The van der Waals surface area contributed by atoms with E-state index in [-0.39, 0.29) is 5.69 Å².